The molecular formula is C23H18BrN3O3. The second-order valence-electron chi connectivity index (χ2n) is 6.77. The molecule has 0 saturated heterocycles. The summed E-state index contributed by atoms with van der Waals surface area (Å²) in [5.41, 5.74) is 3.08. The predicted molar refractivity (Wildman–Crippen MR) is 119 cm³/mol. The Morgan fingerprint density at radius 1 is 1.10 bits per heavy atom. The molecule has 4 aromatic rings. The lowest BCUT2D eigenvalue weighted by atomic mass is 10.2. The quantitative estimate of drug-likeness (QED) is 0.469. The smallest absolute Gasteiger partial charge is 0.258 e. The number of rotatable bonds is 5. The zero-order chi connectivity index (χ0) is 21.1. The highest BCUT2D eigenvalue weighted by molar-refractivity contribution is 9.10. The van der Waals surface area contributed by atoms with Crippen molar-refractivity contribution < 1.29 is 9.53 Å². The molecule has 0 fully saturated rings. The number of hydrogen-bond acceptors (Lipinski definition) is 4. The van der Waals surface area contributed by atoms with Crippen LogP contribution in [0, 0.1) is 6.92 Å². The van der Waals surface area contributed by atoms with Crippen molar-refractivity contribution in [1.29, 1.82) is 0 Å². The monoisotopic (exact) mass is 463 g/mol. The van der Waals surface area contributed by atoms with Crippen LogP contribution in [0.1, 0.15) is 21.6 Å². The van der Waals surface area contributed by atoms with Gasteiger partial charge in [0.1, 0.15) is 18.0 Å². The second kappa shape index (κ2) is 8.51. The number of amides is 1. The molecule has 0 aliphatic carbocycles. The van der Waals surface area contributed by atoms with Crippen molar-refractivity contribution in [2.75, 3.05) is 5.32 Å². The summed E-state index contributed by atoms with van der Waals surface area (Å²) in [6, 6.07) is 19.5. The number of benzene rings is 2. The van der Waals surface area contributed by atoms with Crippen LogP contribution in [0.5, 0.6) is 5.75 Å². The number of hydrogen-bond donors (Lipinski definition) is 1. The molecule has 4 rings (SSSR count). The van der Waals surface area contributed by atoms with Crippen molar-refractivity contribution in [3.8, 4) is 5.75 Å². The Bertz CT molecular complexity index is 1300. The van der Waals surface area contributed by atoms with Gasteiger partial charge in [-0.05, 0) is 58.7 Å². The number of carbonyl (C=O) groups excluding carboxylic acids is 1. The van der Waals surface area contributed by atoms with Crippen LogP contribution in [-0.4, -0.2) is 15.3 Å². The van der Waals surface area contributed by atoms with E-state index in [9.17, 15) is 9.59 Å². The van der Waals surface area contributed by atoms with E-state index in [1.807, 2.05) is 25.1 Å². The van der Waals surface area contributed by atoms with Gasteiger partial charge in [-0.1, -0.05) is 24.3 Å². The van der Waals surface area contributed by atoms with Crippen LogP contribution in [0.25, 0.3) is 5.65 Å². The molecular weight excluding hydrogens is 446 g/mol. The predicted octanol–water partition coefficient (Wildman–Crippen LogP) is 4.60. The van der Waals surface area contributed by atoms with Gasteiger partial charge in [-0.15, -0.1) is 0 Å². The molecule has 150 valence electrons. The summed E-state index contributed by atoms with van der Waals surface area (Å²) in [5.74, 6) is 0.338. The SMILES string of the molecule is Cc1ccc2nc(COc3cccc(NC(=O)c4ccccc4Br)c3)cc(=O)n2c1. The Balaban J connectivity index is 1.48. The minimum absolute atomic E-state index is 0.140. The molecule has 2 aromatic heterocycles. The van der Waals surface area contributed by atoms with Crippen LogP contribution in [0.4, 0.5) is 5.69 Å². The first-order chi connectivity index (χ1) is 14.5. The summed E-state index contributed by atoms with van der Waals surface area (Å²) in [5, 5.41) is 2.86. The standard InChI is InChI=1S/C23H18BrN3O3/c1-15-9-10-21-25-17(12-22(28)27(21)13-15)14-30-18-6-4-5-16(11-18)26-23(29)19-7-2-3-8-20(19)24/h2-13H,14H2,1H3,(H,26,29). The number of ether oxygens (including phenoxy) is 1. The van der Waals surface area contributed by atoms with E-state index in [2.05, 4.69) is 26.2 Å². The molecule has 2 aromatic carbocycles. The maximum atomic E-state index is 12.5. The van der Waals surface area contributed by atoms with Gasteiger partial charge in [0.05, 0.1) is 11.3 Å². The summed E-state index contributed by atoms with van der Waals surface area (Å²) < 4.78 is 8.03. The number of carbonyl (C=O) groups is 1. The third kappa shape index (κ3) is 4.41. The van der Waals surface area contributed by atoms with Crippen molar-refractivity contribution >= 4 is 33.2 Å². The molecule has 0 atom stereocenters. The molecule has 1 N–H and O–H groups in total. The summed E-state index contributed by atoms with van der Waals surface area (Å²) in [6.45, 7) is 2.06. The summed E-state index contributed by atoms with van der Waals surface area (Å²) in [6.07, 6.45) is 1.76. The average molecular weight is 464 g/mol. The Hall–Kier alpha value is -3.45. The van der Waals surface area contributed by atoms with E-state index >= 15 is 0 Å². The Labute approximate surface area is 181 Å². The zero-order valence-electron chi connectivity index (χ0n) is 16.1. The topological polar surface area (TPSA) is 72.7 Å². The van der Waals surface area contributed by atoms with Gasteiger partial charge in [0.25, 0.3) is 11.5 Å². The molecule has 7 heteroatoms. The number of aryl methyl sites for hydroxylation is 1. The molecule has 0 radical (unpaired) electrons. The number of fused-ring (bicyclic) bond motifs is 1. The maximum absolute atomic E-state index is 12.5. The van der Waals surface area contributed by atoms with Gasteiger partial charge in [-0.25, -0.2) is 4.98 Å². The lowest BCUT2D eigenvalue weighted by molar-refractivity contribution is 0.102. The van der Waals surface area contributed by atoms with Gasteiger partial charge < -0.3 is 10.1 Å². The van der Waals surface area contributed by atoms with E-state index in [1.54, 1.807) is 48.7 Å². The Morgan fingerprint density at radius 3 is 2.77 bits per heavy atom. The van der Waals surface area contributed by atoms with Crippen molar-refractivity contribution in [2.45, 2.75) is 13.5 Å². The van der Waals surface area contributed by atoms with Crippen LogP contribution in [-0.2, 0) is 6.61 Å². The van der Waals surface area contributed by atoms with Crippen LogP contribution < -0.4 is 15.6 Å². The number of pyridine rings is 1. The van der Waals surface area contributed by atoms with Crippen LogP contribution >= 0.6 is 15.9 Å². The number of nitrogens with zero attached hydrogens (tertiary/aromatic N) is 2. The van der Waals surface area contributed by atoms with Gasteiger partial charge in [-0.3, -0.25) is 14.0 Å². The third-order valence-corrected chi connectivity index (χ3v) is 5.15. The second-order valence-corrected chi connectivity index (χ2v) is 7.63. The number of halogens is 1. The largest absolute Gasteiger partial charge is 0.487 e. The van der Waals surface area contributed by atoms with E-state index in [-0.39, 0.29) is 18.1 Å². The van der Waals surface area contributed by atoms with Crippen molar-refractivity contribution in [1.82, 2.24) is 9.38 Å². The van der Waals surface area contributed by atoms with Gasteiger partial charge in [0.2, 0.25) is 0 Å². The molecule has 1 amide bonds. The Kier molecular flexibility index (Phi) is 5.63. The minimum Gasteiger partial charge on any atom is -0.487 e. The summed E-state index contributed by atoms with van der Waals surface area (Å²) in [7, 11) is 0. The zero-order valence-corrected chi connectivity index (χ0v) is 17.7. The fraction of sp³-hybridized carbons (Fsp3) is 0.0870. The number of nitrogens with one attached hydrogen (secondary N) is 1. The highest BCUT2D eigenvalue weighted by atomic mass is 79.9. The first-order valence-corrected chi connectivity index (χ1v) is 10.1. The molecule has 2 heterocycles. The molecule has 0 unspecified atom stereocenters. The van der Waals surface area contributed by atoms with Crippen molar-refractivity contribution in [3.63, 3.8) is 0 Å². The van der Waals surface area contributed by atoms with E-state index in [0.717, 1.165) is 10.0 Å². The maximum Gasteiger partial charge on any atom is 0.258 e. The molecule has 30 heavy (non-hydrogen) atoms. The molecule has 6 nitrogen and oxygen atoms in total. The third-order valence-electron chi connectivity index (χ3n) is 4.46. The molecule has 0 aliphatic heterocycles. The van der Waals surface area contributed by atoms with E-state index in [0.29, 0.717) is 28.3 Å². The number of anilines is 1. The fourth-order valence-corrected chi connectivity index (χ4v) is 3.46. The first-order valence-electron chi connectivity index (χ1n) is 9.27. The molecule has 0 spiro atoms. The van der Waals surface area contributed by atoms with E-state index in [1.165, 1.54) is 10.5 Å². The highest BCUT2D eigenvalue weighted by Crippen LogP contribution is 2.21. The van der Waals surface area contributed by atoms with Gasteiger partial charge in [-0.2, -0.15) is 0 Å². The normalized spacial score (nSPS) is 10.7. The van der Waals surface area contributed by atoms with Crippen molar-refractivity contribution in [3.05, 3.63) is 105 Å². The first kappa shape index (κ1) is 19.8. The lowest BCUT2D eigenvalue weighted by Crippen LogP contribution is -2.16. The minimum atomic E-state index is -0.223. The highest BCUT2D eigenvalue weighted by Gasteiger charge is 2.10. The van der Waals surface area contributed by atoms with Crippen LogP contribution in [0.15, 0.2) is 82.2 Å². The van der Waals surface area contributed by atoms with Crippen LogP contribution in [0.2, 0.25) is 0 Å². The van der Waals surface area contributed by atoms with Gasteiger partial charge >= 0.3 is 0 Å². The Morgan fingerprint density at radius 2 is 1.93 bits per heavy atom. The van der Waals surface area contributed by atoms with E-state index < -0.39 is 0 Å². The number of aromatic nitrogens is 2. The van der Waals surface area contributed by atoms with E-state index in [4.69, 9.17) is 4.74 Å². The van der Waals surface area contributed by atoms with Crippen molar-refractivity contribution in [2.24, 2.45) is 0 Å². The van der Waals surface area contributed by atoms with Gasteiger partial charge in [0, 0.05) is 28.5 Å². The summed E-state index contributed by atoms with van der Waals surface area (Å²) >= 11 is 3.38. The molecule has 0 bridgehead atoms. The fourth-order valence-electron chi connectivity index (χ4n) is 3.00. The lowest BCUT2D eigenvalue weighted by Gasteiger charge is -2.10. The molecule has 0 aliphatic rings. The average Bonchev–Trinajstić information content (AvgIpc) is 2.73. The molecule has 0 saturated carbocycles. The summed E-state index contributed by atoms with van der Waals surface area (Å²) in [4.78, 5) is 29.3. The van der Waals surface area contributed by atoms with Gasteiger partial charge in [0.15, 0.2) is 0 Å². The van der Waals surface area contributed by atoms with Crippen LogP contribution in [0.3, 0.4) is 0 Å².